The van der Waals surface area contributed by atoms with Crippen LogP contribution in [0, 0.1) is 5.92 Å². The van der Waals surface area contributed by atoms with Crippen LogP contribution in [0.5, 0.6) is 5.75 Å². The smallest absolute Gasteiger partial charge is 0.307 e. The predicted octanol–water partition coefficient (Wildman–Crippen LogP) is 6.35. The number of hydrogen-bond acceptors (Lipinski definition) is 2. The molecule has 0 bridgehead atoms. The van der Waals surface area contributed by atoms with E-state index in [2.05, 4.69) is 50.8 Å². The molecule has 0 radical (unpaired) electrons. The summed E-state index contributed by atoms with van der Waals surface area (Å²) in [5, 5.41) is 9.13. The van der Waals surface area contributed by atoms with E-state index >= 15 is 0 Å². The van der Waals surface area contributed by atoms with Crippen molar-refractivity contribution in [1.82, 2.24) is 0 Å². The molecule has 0 aromatic heterocycles. The van der Waals surface area contributed by atoms with Crippen LogP contribution in [-0.4, -0.2) is 11.1 Å². The number of carboxylic acids is 1. The fraction of sp³-hybridized carbons (Fsp3) is 0.370. The molecular formula is C27H30O3. The number of hydrogen-bond donors (Lipinski definition) is 1. The summed E-state index contributed by atoms with van der Waals surface area (Å²) in [6, 6.07) is 14.6. The first-order valence-corrected chi connectivity index (χ1v) is 10.8. The van der Waals surface area contributed by atoms with Crippen molar-refractivity contribution in [2.75, 3.05) is 0 Å². The predicted molar refractivity (Wildman–Crippen MR) is 120 cm³/mol. The molecule has 1 saturated carbocycles. The van der Waals surface area contributed by atoms with Crippen molar-refractivity contribution >= 4 is 5.97 Å². The lowest BCUT2D eigenvalue weighted by molar-refractivity contribution is -0.138. The minimum atomic E-state index is -0.694. The van der Waals surface area contributed by atoms with Crippen LogP contribution in [0.3, 0.4) is 0 Å². The molecule has 2 aliphatic rings. The Morgan fingerprint density at radius 3 is 2.67 bits per heavy atom. The van der Waals surface area contributed by atoms with Gasteiger partial charge in [-0.15, -0.1) is 6.58 Å². The molecule has 0 heterocycles. The molecule has 0 amide bonds. The van der Waals surface area contributed by atoms with E-state index in [1.54, 1.807) is 0 Å². The highest BCUT2D eigenvalue weighted by atomic mass is 16.5. The Balaban J connectivity index is 1.53. The normalized spacial score (nSPS) is 24.3. The lowest BCUT2D eigenvalue weighted by Crippen LogP contribution is -2.20. The zero-order chi connectivity index (χ0) is 21.3. The lowest BCUT2D eigenvalue weighted by Gasteiger charge is -2.28. The Morgan fingerprint density at radius 1 is 1.27 bits per heavy atom. The molecule has 4 unspecified atom stereocenters. The van der Waals surface area contributed by atoms with E-state index in [-0.39, 0.29) is 23.4 Å². The van der Waals surface area contributed by atoms with Gasteiger partial charge in [-0.1, -0.05) is 55.5 Å². The van der Waals surface area contributed by atoms with Crippen LogP contribution in [0.2, 0.25) is 0 Å². The second-order valence-corrected chi connectivity index (χ2v) is 8.78. The van der Waals surface area contributed by atoms with E-state index < -0.39 is 5.97 Å². The number of rotatable bonds is 8. The van der Waals surface area contributed by atoms with Crippen molar-refractivity contribution in [2.24, 2.45) is 5.92 Å². The quantitative estimate of drug-likeness (QED) is 0.523. The monoisotopic (exact) mass is 402 g/mol. The highest BCUT2D eigenvalue weighted by Gasteiger charge is 2.44. The zero-order valence-electron chi connectivity index (χ0n) is 17.8. The summed E-state index contributed by atoms with van der Waals surface area (Å²) in [7, 11) is 0. The number of carboxylic acid groups (broad SMARTS) is 1. The van der Waals surface area contributed by atoms with Crippen LogP contribution in [0.15, 0.2) is 67.3 Å². The molecule has 30 heavy (non-hydrogen) atoms. The van der Waals surface area contributed by atoms with Gasteiger partial charge in [0.25, 0.3) is 0 Å². The number of allylic oxidation sites excluding steroid dienone is 3. The summed E-state index contributed by atoms with van der Waals surface area (Å²) in [6.45, 7) is 8.31. The maximum absolute atomic E-state index is 11.1. The lowest BCUT2D eigenvalue weighted by atomic mass is 9.76. The van der Waals surface area contributed by atoms with Gasteiger partial charge in [-0.25, -0.2) is 0 Å². The van der Waals surface area contributed by atoms with Crippen LogP contribution >= 0.6 is 0 Å². The summed E-state index contributed by atoms with van der Waals surface area (Å²) in [6.07, 6.45) is 10.1. The molecule has 4 atom stereocenters. The third-order valence-electron chi connectivity index (χ3n) is 6.63. The van der Waals surface area contributed by atoms with Crippen LogP contribution < -0.4 is 4.74 Å². The van der Waals surface area contributed by atoms with Crippen LogP contribution in [0.25, 0.3) is 0 Å². The Bertz CT molecular complexity index is 972. The van der Waals surface area contributed by atoms with Crippen molar-refractivity contribution in [2.45, 2.75) is 57.0 Å². The van der Waals surface area contributed by atoms with E-state index in [1.807, 2.05) is 30.3 Å². The fourth-order valence-corrected chi connectivity index (χ4v) is 5.00. The van der Waals surface area contributed by atoms with Gasteiger partial charge in [-0.3, -0.25) is 4.79 Å². The summed E-state index contributed by atoms with van der Waals surface area (Å²) >= 11 is 0. The first kappa shape index (κ1) is 20.5. The maximum atomic E-state index is 11.1. The molecule has 0 aliphatic heterocycles. The maximum Gasteiger partial charge on any atom is 0.307 e. The molecule has 3 nitrogen and oxygen atoms in total. The van der Waals surface area contributed by atoms with Crippen LogP contribution in [0.4, 0.5) is 0 Å². The van der Waals surface area contributed by atoms with E-state index in [0.29, 0.717) is 0 Å². The Labute approximate surface area is 179 Å². The molecule has 1 N–H and O–H groups in total. The van der Waals surface area contributed by atoms with Gasteiger partial charge in [-0.2, -0.15) is 0 Å². The van der Waals surface area contributed by atoms with Gasteiger partial charge in [0.15, 0.2) is 0 Å². The van der Waals surface area contributed by atoms with Crippen LogP contribution in [0.1, 0.15) is 67.4 Å². The molecule has 3 heteroatoms. The van der Waals surface area contributed by atoms with Gasteiger partial charge in [0.1, 0.15) is 11.9 Å². The number of benzene rings is 2. The topological polar surface area (TPSA) is 46.5 Å². The largest absolute Gasteiger partial charge is 0.486 e. The highest BCUT2D eigenvalue weighted by molar-refractivity contribution is 5.75. The summed E-state index contributed by atoms with van der Waals surface area (Å²) in [5.41, 5.74) is 5.10. The average molecular weight is 403 g/mol. The highest BCUT2D eigenvalue weighted by Crippen LogP contribution is 2.48. The van der Waals surface area contributed by atoms with Gasteiger partial charge >= 0.3 is 5.97 Å². The summed E-state index contributed by atoms with van der Waals surface area (Å²) < 4.78 is 6.36. The number of aliphatic carboxylic acids is 1. The Kier molecular flexibility index (Phi) is 5.55. The van der Waals surface area contributed by atoms with E-state index in [1.165, 1.54) is 16.7 Å². The Morgan fingerprint density at radius 2 is 2.03 bits per heavy atom. The molecule has 4 rings (SSSR count). The molecule has 156 valence electrons. The number of fused-ring (bicyclic) bond motifs is 1. The molecule has 2 aliphatic carbocycles. The third-order valence-corrected chi connectivity index (χ3v) is 6.63. The van der Waals surface area contributed by atoms with Crippen molar-refractivity contribution in [3.8, 4) is 5.75 Å². The van der Waals surface area contributed by atoms with E-state index in [4.69, 9.17) is 9.84 Å². The van der Waals surface area contributed by atoms with Gasteiger partial charge in [0, 0.05) is 5.41 Å². The van der Waals surface area contributed by atoms with Gasteiger partial charge in [0.05, 0.1) is 5.92 Å². The van der Waals surface area contributed by atoms with Crippen molar-refractivity contribution in [1.29, 1.82) is 0 Å². The second kappa shape index (κ2) is 8.14. The number of ether oxygens (including phenoxy) is 1. The average Bonchev–Trinajstić information content (AvgIpc) is 3.44. The third kappa shape index (κ3) is 3.81. The van der Waals surface area contributed by atoms with Crippen molar-refractivity contribution < 1.29 is 14.6 Å². The second-order valence-electron chi connectivity index (χ2n) is 8.78. The standard InChI is InChI=1S/C27H30O3/c1-4-15-27(3,16-5-2)24-8-6-7-21-20(24)13-14-25(21)30-19-11-9-18(10-12-19)22-17-23(22)26(28)29/h4-12,16,22-23,25H,1,13-15,17H2,2-3H3,(H,28,29). The fourth-order valence-electron chi connectivity index (χ4n) is 5.00. The van der Waals surface area contributed by atoms with Crippen molar-refractivity contribution in [3.63, 3.8) is 0 Å². The molecule has 0 saturated heterocycles. The SMILES string of the molecule is C=CCC(C)(C=CC)c1cccc2c1CCC2Oc1ccc(C2CC2C(=O)O)cc1. The first-order valence-electron chi connectivity index (χ1n) is 10.8. The minimum absolute atomic E-state index is 0.0523. The van der Waals surface area contributed by atoms with Gasteiger partial charge in [0.2, 0.25) is 0 Å². The molecule has 2 aromatic carbocycles. The van der Waals surface area contributed by atoms with Crippen molar-refractivity contribution in [3.05, 3.63) is 89.5 Å². The molecule has 1 fully saturated rings. The summed E-state index contributed by atoms with van der Waals surface area (Å²) in [5.74, 6) is 0.0799. The molecular weight excluding hydrogens is 372 g/mol. The molecule has 2 aromatic rings. The molecule has 0 spiro atoms. The minimum Gasteiger partial charge on any atom is -0.486 e. The van der Waals surface area contributed by atoms with Gasteiger partial charge < -0.3 is 9.84 Å². The van der Waals surface area contributed by atoms with E-state index in [0.717, 1.165) is 37.0 Å². The van der Waals surface area contributed by atoms with Crippen LogP contribution in [-0.2, 0) is 16.6 Å². The van der Waals surface area contributed by atoms with Gasteiger partial charge in [-0.05, 0) is 72.9 Å². The Hall–Kier alpha value is -2.81. The zero-order valence-corrected chi connectivity index (χ0v) is 17.8. The van der Waals surface area contributed by atoms with E-state index in [9.17, 15) is 4.79 Å². The first-order chi connectivity index (χ1) is 14.5. The summed E-state index contributed by atoms with van der Waals surface area (Å²) in [4.78, 5) is 11.1. The number of carbonyl (C=O) groups is 1.